The van der Waals surface area contributed by atoms with E-state index in [-0.39, 0.29) is 0 Å². The average molecular weight is 203 g/mol. The second-order valence-electron chi connectivity index (χ2n) is 1.90. The van der Waals surface area contributed by atoms with Crippen molar-refractivity contribution in [2.75, 3.05) is 0 Å². The van der Waals surface area contributed by atoms with Crippen LogP contribution in [0.15, 0.2) is 12.1 Å². The van der Waals surface area contributed by atoms with Crippen molar-refractivity contribution in [2.24, 2.45) is 5.73 Å². The molecule has 0 aliphatic carbocycles. The first kappa shape index (κ1) is 7.34. The monoisotopic (exact) mass is 202 g/mol. The lowest BCUT2D eigenvalue weighted by Gasteiger charge is -1.87. The first-order chi connectivity index (χ1) is 4.74. The molecule has 1 rings (SSSR count). The number of amides is 1. The maximum Gasteiger partial charge on any atom is 0.265 e. The van der Waals surface area contributed by atoms with Gasteiger partial charge in [-0.3, -0.25) is 4.79 Å². The van der Waals surface area contributed by atoms with Gasteiger partial charge in [-0.15, -0.1) is 0 Å². The van der Waals surface area contributed by atoms with Crippen LogP contribution < -0.4 is 5.73 Å². The zero-order valence-corrected chi connectivity index (χ0v) is 6.81. The Morgan fingerprint density at radius 2 is 2.40 bits per heavy atom. The van der Waals surface area contributed by atoms with Gasteiger partial charge in [0, 0.05) is 11.0 Å². The van der Waals surface area contributed by atoms with Gasteiger partial charge in [0.1, 0.15) is 5.69 Å². The highest BCUT2D eigenvalue weighted by Crippen LogP contribution is 2.04. The van der Waals surface area contributed by atoms with Crippen LogP contribution in [0.25, 0.3) is 0 Å². The highest BCUT2D eigenvalue weighted by Gasteiger charge is 2.01. The van der Waals surface area contributed by atoms with Gasteiger partial charge >= 0.3 is 0 Å². The summed E-state index contributed by atoms with van der Waals surface area (Å²) in [6.07, 6.45) is 0. The Bertz CT molecular complexity index is 244. The van der Waals surface area contributed by atoms with Gasteiger partial charge in [0.05, 0.1) is 0 Å². The molecular weight excluding hydrogens is 196 g/mol. The molecule has 3 nitrogen and oxygen atoms in total. The zero-order valence-electron chi connectivity index (χ0n) is 5.23. The van der Waals surface area contributed by atoms with Gasteiger partial charge in [-0.05, 0) is 12.1 Å². The molecule has 0 fully saturated rings. The van der Waals surface area contributed by atoms with Crippen molar-refractivity contribution >= 4 is 21.8 Å². The fraction of sp³-hybridized carbons (Fsp3) is 0.167. The third kappa shape index (κ3) is 1.39. The molecule has 0 aliphatic rings. The van der Waals surface area contributed by atoms with Crippen LogP contribution in [0.1, 0.15) is 16.2 Å². The van der Waals surface area contributed by atoms with E-state index < -0.39 is 5.91 Å². The Morgan fingerprint density at radius 3 is 2.70 bits per heavy atom. The van der Waals surface area contributed by atoms with E-state index in [0.29, 0.717) is 11.0 Å². The number of hydrogen-bond acceptors (Lipinski definition) is 1. The molecule has 4 heteroatoms. The van der Waals surface area contributed by atoms with Gasteiger partial charge in [-0.25, -0.2) is 0 Å². The van der Waals surface area contributed by atoms with Crippen molar-refractivity contribution in [1.82, 2.24) is 4.98 Å². The van der Waals surface area contributed by atoms with Crippen molar-refractivity contribution in [3.8, 4) is 0 Å². The molecule has 0 spiro atoms. The Balaban J connectivity index is 2.88. The van der Waals surface area contributed by atoms with Crippen LogP contribution in [-0.4, -0.2) is 10.9 Å². The van der Waals surface area contributed by atoms with E-state index in [2.05, 4.69) is 20.9 Å². The quantitative estimate of drug-likeness (QED) is 0.692. The number of rotatable bonds is 2. The fourth-order valence-corrected chi connectivity index (χ4v) is 0.989. The number of alkyl halides is 1. The highest BCUT2D eigenvalue weighted by molar-refractivity contribution is 9.08. The van der Waals surface area contributed by atoms with Gasteiger partial charge < -0.3 is 10.7 Å². The van der Waals surface area contributed by atoms with E-state index in [0.717, 1.165) is 5.69 Å². The third-order valence-electron chi connectivity index (χ3n) is 1.16. The SMILES string of the molecule is NC(=O)c1ccc(CBr)[nH]1. The predicted molar refractivity (Wildman–Crippen MR) is 41.9 cm³/mol. The minimum absolute atomic E-state index is 0.424. The number of H-pyrrole nitrogens is 1. The lowest BCUT2D eigenvalue weighted by Crippen LogP contribution is -2.11. The number of carbonyl (C=O) groups is 1. The molecular formula is C6H7BrN2O. The maximum absolute atomic E-state index is 10.5. The predicted octanol–water partition coefficient (Wildman–Crippen LogP) is 1.01. The van der Waals surface area contributed by atoms with Gasteiger partial charge in [0.25, 0.3) is 5.91 Å². The van der Waals surface area contributed by atoms with E-state index in [4.69, 9.17) is 5.73 Å². The standard InChI is InChI=1S/C6H7BrN2O/c7-3-4-1-2-5(9-4)6(8)10/h1-2,9H,3H2,(H2,8,10). The van der Waals surface area contributed by atoms with Crippen molar-refractivity contribution in [1.29, 1.82) is 0 Å². The van der Waals surface area contributed by atoms with E-state index in [1.807, 2.05) is 6.07 Å². The summed E-state index contributed by atoms with van der Waals surface area (Å²) in [6, 6.07) is 3.48. The molecule has 0 aromatic carbocycles. The number of aromatic nitrogens is 1. The molecule has 1 amide bonds. The summed E-state index contributed by atoms with van der Waals surface area (Å²) in [5.74, 6) is -0.424. The van der Waals surface area contributed by atoms with Crippen LogP contribution in [0.4, 0.5) is 0 Å². The first-order valence-corrected chi connectivity index (χ1v) is 3.90. The van der Waals surface area contributed by atoms with Gasteiger partial charge in [-0.2, -0.15) is 0 Å². The lowest BCUT2D eigenvalue weighted by molar-refractivity contribution is 0.0996. The molecule has 0 radical (unpaired) electrons. The van der Waals surface area contributed by atoms with Crippen molar-refractivity contribution < 1.29 is 4.79 Å². The number of nitrogens with one attached hydrogen (secondary N) is 1. The number of primary amides is 1. The lowest BCUT2D eigenvalue weighted by atomic mass is 10.4. The molecule has 0 unspecified atom stereocenters. The molecule has 0 aliphatic heterocycles. The Labute approximate surface area is 66.7 Å². The van der Waals surface area contributed by atoms with E-state index >= 15 is 0 Å². The molecule has 10 heavy (non-hydrogen) atoms. The molecule has 54 valence electrons. The largest absolute Gasteiger partial charge is 0.364 e. The third-order valence-corrected chi connectivity index (χ3v) is 1.76. The van der Waals surface area contributed by atoms with Crippen molar-refractivity contribution in [2.45, 2.75) is 5.33 Å². The summed E-state index contributed by atoms with van der Waals surface area (Å²) in [6.45, 7) is 0. The molecule has 0 saturated heterocycles. The molecule has 0 bridgehead atoms. The maximum atomic E-state index is 10.5. The van der Waals surface area contributed by atoms with Gasteiger partial charge in [-0.1, -0.05) is 15.9 Å². The van der Waals surface area contributed by atoms with E-state index in [9.17, 15) is 4.79 Å². The summed E-state index contributed by atoms with van der Waals surface area (Å²) in [5.41, 5.74) is 6.40. The fourth-order valence-electron chi connectivity index (χ4n) is 0.662. The summed E-state index contributed by atoms with van der Waals surface area (Å²) in [4.78, 5) is 13.3. The zero-order chi connectivity index (χ0) is 7.56. The van der Waals surface area contributed by atoms with E-state index in [1.165, 1.54) is 0 Å². The van der Waals surface area contributed by atoms with Crippen LogP contribution in [0.3, 0.4) is 0 Å². The Hall–Kier alpha value is -0.770. The minimum Gasteiger partial charge on any atom is -0.364 e. The Kier molecular flexibility index (Phi) is 2.11. The Morgan fingerprint density at radius 1 is 1.70 bits per heavy atom. The minimum atomic E-state index is -0.424. The highest BCUT2D eigenvalue weighted by atomic mass is 79.9. The van der Waals surface area contributed by atoms with Crippen LogP contribution in [0.5, 0.6) is 0 Å². The van der Waals surface area contributed by atoms with Crippen LogP contribution in [-0.2, 0) is 5.33 Å². The second kappa shape index (κ2) is 2.88. The normalized spacial score (nSPS) is 9.70. The van der Waals surface area contributed by atoms with Crippen molar-refractivity contribution in [3.63, 3.8) is 0 Å². The first-order valence-electron chi connectivity index (χ1n) is 2.77. The van der Waals surface area contributed by atoms with Crippen LogP contribution >= 0.6 is 15.9 Å². The smallest absolute Gasteiger partial charge is 0.265 e. The number of carbonyl (C=O) groups excluding carboxylic acids is 1. The number of halogens is 1. The van der Waals surface area contributed by atoms with Crippen molar-refractivity contribution in [3.05, 3.63) is 23.5 Å². The van der Waals surface area contributed by atoms with Gasteiger partial charge in [0.15, 0.2) is 0 Å². The van der Waals surface area contributed by atoms with Gasteiger partial charge in [0.2, 0.25) is 0 Å². The molecule has 1 heterocycles. The number of hydrogen-bond donors (Lipinski definition) is 2. The topological polar surface area (TPSA) is 58.9 Å². The summed E-state index contributed by atoms with van der Waals surface area (Å²) in [5, 5.41) is 0.709. The molecule has 1 aromatic rings. The molecule has 0 saturated carbocycles. The summed E-state index contributed by atoms with van der Waals surface area (Å²) in [7, 11) is 0. The molecule has 3 N–H and O–H groups in total. The molecule has 1 aromatic heterocycles. The van der Waals surface area contributed by atoms with Crippen LogP contribution in [0, 0.1) is 0 Å². The van der Waals surface area contributed by atoms with Crippen LogP contribution in [0.2, 0.25) is 0 Å². The second-order valence-corrected chi connectivity index (χ2v) is 2.46. The number of aromatic amines is 1. The molecule has 0 atom stereocenters. The van der Waals surface area contributed by atoms with E-state index in [1.54, 1.807) is 6.07 Å². The number of nitrogens with two attached hydrogens (primary N) is 1. The summed E-state index contributed by atoms with van der Waals surface area (Å²) < 4.78 is 0. The average Bonchev–Trinajstić information content (AvgIpc) is 2.34. The summed E-state index contributed by atoms with van der Waals surface area (Å²) >= 11 is 3.24.